The van der Waals surface area contributed by atoms with Gasteiger partial charge in [-0.2, -0.15) is 0 Å². The molecule has 0 aliphatic carbocycles. The summed E-state index contributed by atoms with van der Waals surface area (Å²) in [7, 11) is 0. The van der Waals surface area contributed by atoms with Gasteiger partial charge in [-0.15, -0.1) is 0 Å². The Kier molecular flexibility index (Phi) is 5.27. The maximum Gasteiger partial charge on any atom is 0.276 e. The monoisotopic (exact) mass is 371 g/mol. The van der Waals surface area contributed by atoms with E-state index in [4.69, 9.17) is 4.74 Å². The van der Waals surface area contributed by atoms with Gasteiger partial charge < -0.3 is 14.7 Å². The lowest BCUT2D eigenvalue weighted by Gasteiger charge is -2.28. The number of non-ortho nitro benzene ring substituents is 1. The molecule has 0 radical (unpaired) electrons. The van der Waals surface area contributed by atoms with Gasteiger partial charge in [0.2, 0.25) is 0 Å². The van der Waals surface area contributed by atoms with E-state index >= 15 is 0 Å². The predicted octanol–water partition coefficient (Wildman–Crippen LogP) is 2.16. The van der Waals surface area contributed by atoms with Crippen molar-refractivity contribution in [3.8, 4) is 5.75 Å². The summed E-state index contributed by atoms with van der Waals surface area (Å²) in [6.45, 7) is 2.91. The number of aliphatic imine (C=N–C) groups is 1. The van der Waals surface area contributed by atoms with Crippen LogP contribution in [0.2, 0.25) is 0 Å². The Morgan fingerprint density at radius 1 is 1.04 bits per heavy atom. The van der Waals surface area contributed by atoms with E-state index in [1.165, 1.54) is 0 Å². The van der Waals surface area contributed by atoms with E-state index in [9.17, 15) is 25.3 Å². The van der Waals surface area contributed by atoms with Crippen molar-refractivity contribution in [3.05, 3.63) is 62.2 Å². The van der Waals surface area contributed by atoms with Crippen molar-refractivity contribution < 1.29 is 19.7 Å². The van der Waals surface area contributed by atoms with Crippen LogP contribution < -0.4 is 10.0 Å². The van der Waals surface area contributed by atoms with E-state index in [1.807, 2.05) is 12.1 Å². The van der Waals surface area contributed by atoms with E-state index in [1.54, 1.807) is 12.1 Å². The minimum absolute atomic E-state index is 0.215. The van der Waals surface area contributed by atoms with Crippen LogP contribution in [0.25, 0.3) is 0 Å². The fourth-order valence-electron chi connectivity index (χ4n) is 2.67. The van der Waals surface area contributed by atoms with Crippen molar-refractivity contribution >= 4 is 29.0 Å². The number of anilines is 1. The summed E-state index contributed by atoms with van der Waals surface area (Å²) in [4.78, 5) is 26.4. The van der Waals surface area contributed by atoms with Crippen LogP contribution in [0.15, 0.2) is 41.4 Å². The van der Waals surface area contributed by atoms with Crippen molar-refractivity contribution in [2.75, 3.05) is 31.2 Å². The normalized spacial score (nSPS) is 14.4. The van der Waals surface area contributed by atoms with E-state index < -0.39 is 27.0 Å². The molecule has 27 heavy (non-hydrogen) atoms. The Bertz CT molecular complexity index is 891. The van der Waals surface area contributed by atoms with Crippen LogP contribution in [0.4, 0.5) is 22.7 Å². The fourth-order valence-corrected chi connectivity index (χ4v) is 2.67. The highest BCUT2D eigenvalue weighted by molar-refractivity contribution is 5.88. The second kappa shape index (κ2) is 7.79. The van der Waals surface area contributed by atoms with Gasteiger partial charge in [0, 0.05) is 31.1 Å². The number of hydrogen-bond donors (Lipinski definition) is 0. The largest absolute Gasteiger partial charge is 0.867 e. The summed E-state index contributed by atoms with van der Waals surface area (Å²) >= 11 is 0. The smallest absolute Gasteiger partial charge is 0.276 e. The first-order valence-corrected chi connectivity index (χ1v) is 8.06. The molecule has 1 fully saturated rings. The molecule has 0 spiro atoms. The number of ether oxygens (including phenoxy) is 1. The average molecular weight is 371 g/mol. The lowest BCUT2D eigenvalue weighted by molar-refractivity contribution is -0.403. The SMILES string of the molecule is O=[N+]([O-])c1cc(C=Nc2ccc(N3CCOCC3)cc2)c([O-])c([N+](=O)[O-])c1. The van der Waals surface area contributed by atoms with Crippen molar-refractivity contribution in [2.45, 2.75) is 0 Å². The van der Waals surface area contributed by atoms with Crippen LogP contribution >= 0.6 is 0 Å². The van der Waals surface area contributed by atoms with Gasteiger partial charge in [0.1, 0.15) is 0 Å². The van der Waals surface area contributed by atoms with Gasteiger partial charge in [0.25, 0.3) is 11.4 Å². The Morgan fingerprint density at radius 2 is 1.70 bits per heavy atom. The molecule has 0 saturated carbocycles. The summed E-state index contributed by atoms with van der Waals surface area (Å²) in [5, 5.41) is 34.0. The van der Waals surface area contributed by atoms with Crippen LogP contribution in [0.5, 0.6) is 5.75 Å². The lowest BCUT2D eigenvalue weighted by Crippen LogP contribution is -2.36. The molecule has 3 rings (SSSR count). The van der Waals surface area contributed by atoms with Crippen molar-refractivity contribution in [2.24, 2.45) is 4.99 Å². The predicted molar refractivity (Wildman–Crippen MR) is 95.9 cm³/mol. The first kappa shape index (κ1) is 18.3. The topological polar surface area (TPSA) is 134 Å². The molecule has 0 bridgehead atoms. The number of hydrogen-bond acceptors (Lipinski definition) is 8. The molecule has 1 aliphatic heterocycles. The highest BCUT2D eigenvalue weighted by Crippen LogP contribution is 2.31. The summed E-state index contributed by atoms with van der Waals surface area (Å²) in [5.74, 6) is -0.917. The third-order valence-electron chi connectivity index (χ3n) is 4.07. The molecule has 10 heteroatoms. The third-order valence-corrected chi connectivity index (χ3v) is 4.07. The lowest BCUT2D eigenvalue weighted by atomic mass is 10.1. The maximum absolute atomic E-state index is 12.1. The zero-order valence-electron chi connectivity index (χ0n) is 14.1. The molecule has 0 amide bonds. The molecule has 0 unspecified atom stereocenters. The molecule has 10 nitrogen and oxygen atoms in total. The molecule has 2 aromatic carbocycles. The Morgan fingerprint density at radius 3 is 2.30 bits per heavy atom. The molecule has 0 aromatic heterocycles. The molecule has 1 heterocycles. The van der Waals surface area contributed by atoms with E-state index in [0.29, 0.717) is 25.0 Å². The molecular weight excluding hydrogens is 356 g/mol. The minimum Gasteiger partial charge on any atom is -0.867 e. The zero-order chi connectivity index (χ0) is 19.4. The second-order valence-corrected chi connectivity index (χ2v) is 5.77. The quantitative estimate of drug-likeness (QED) is 0.446. The van der Waals surface area contributed by atoms with E-state index in [2.05, 4.69) is 9.89 Å². The fraction of sp³-hybridized carbons (Fsp3) is 0.235. The van der Waals surface area contributed by atoms with Crippen LogP contribution in [0.3, 0.4) is 0 Å². The summed E-state index contributed by atoms with van der Waals surface area (Å²) in [5.41, 5.74) is -0.0831. The summed E-state index contributed by atoms with van der Waals surface area (Å²) in [6.07, 6.45) is 1.10. The van der Waals surface area contributed by atoms with Gasteiger partial charge in [-0.05, 0) is 35.6 Å². The van der Waals surface area contributed by atoms with Crippen molar-refractivity contribution in [3.63, 3.8) is 0 Å². The van der Waals surface area contributed by atoms with Gasteiger partial charge in [0.15, 0.2) is 0 Å². The number of rotatable bonds is 5. The Balaban J connectivity index is 1.84. The number of nitrogens with zero attached hydrogens (tertiary/aromatic N) is 4. The molecule has 0 atom stereocenters. The number of nitro benzene ring substituents is 2. The summed E-state index contributed by atoms with van der Waals surface area (Å²) < 4.78 is 5.31. The Hall–Kier alpha value is -3.53. The van der Waals surface area contributed by atoms with Crippen molar-refractivity contribution in [1.29, 1.82) is 0 Å². The third kappa shape index (κ3) is 4.18. The highest BCUT2D eigenvalue weighted by atomic mass is 16.6. The van der Waals surface area contributed by atoms with Crippen LogP contribution in [-0.4, -0.2) is 42.4 Å². The number of nitro groups is 2. The van der Waals surface area contributed by atoms with Gasteiger partial charge in [0.05, 0.1) is 34.8 Å². The van der Waals surface area contributed by atoms with Gasteiger partial charge in [-0.1, -0.05) is 0 Å². The average Bonchev–Trinajstić information content (AvgIpc) is 2.68. The van der Waals surface area contributed by atoms with E-state index in [-0.39, 0.29) is 5.56 Å². The number of benzene rings is 2. The van der Waals surface area contributed by atoms with Gasteiger partial charge >= 0.3 is 0 Å². The maximum atomic E-state index is 12.1. The standard InChI is InChI=1S/C17H16N4O6/c22-17-12(9-15(20(23)24)10-16(17)21(25)26)11-18-13-1-3-14(4-2-13)19-5-7-27-8-6-19/h1-4,9-11,22H,5-8H2/p-1. The van der Waals surface area contributed by atoms with Crippen LogP contribution in [0, 0.1) is 20.2 Å². The molecular formula is C17H15N4O6-. The van der Waals surface area contributed by atoms with Crippen LogP contribution in [-0.2, 0) is 4.74 Å². The first-order valence-electron chi connectivity index (χ1n) is 8.06. The molecule has 140 valence electrons. The molecule has 1 aliphatic rings. The molecule has 2 aromatic rings. The Labute approximate surface area is 153 Å². The van der Waals surface area contributed by atoms with Crippen LogP contribution in [0.1, 0.15) is 5.56 Å². The second-order valence-electron chi connectivity index (χ2n) is 5.77. The van der Waals surface area contributed by atoms with Gasteiger partial charge in [-0.25, -0.2) is 0 Å². The molecule has 1 saturated heterocycles. The highest BCUT2D eigenvalue weighted by Gasteiger charge is 2.18. The summed E-state index contributed by atoms with van der Waals surface area (Å²) in [6, 6.07) is 8.82. The van der Waals surface area contributed by atoms with E-state index in [0.717, 1.165) is 31.1 Å². The van der Waals surface area contributed by atoms with Gasteiger partial charge in [-0.3, -0.25) is 25.2 Å². The van der Waals surface area contributed by atoms with Crippen molar-refractivity contribution in [1.82, 2.24) is 0 Å². The number of morpholine rings is 1. The molecule has 0 N–H and O–H groups in total. The first-order chi connectivity index (χ1) is 13.0. The zero-order valence-corrected chi connectivity index (χ0v) is 14.1. The minimum atomic E-state index is -0.941.